The molecule has 0 aliphatic heterocycles. The number of rotatable bonds is 1. The molecule has 0 aromatic heterocycles. The highest BCUT2D eigenvalue weighted by Gasteiger charge is 2.22. The van der Waals surface area contributed by atoms with E-state index in [0.717, 1.165) is 5.92 Å². The summed E-state index contributed by atoms with van der Waals surface area (Å²) in [5.41, 5.74) is 4.70. The number of hydrogen-bond acceptors (Lipinski definition) is 0. The first-order chi connectivity index (χ1) is 11.4. The zero-order valence-corrected chi connectivity index (χ0v) is 13.5. The molecule has 2 aliphatic rings. The number of hydrogen-bond donors (Lipinski definition) is 0. The van der Waals surface area contributed by atoms with Crippen LogP contribution in [-0.2, 0) is 6.42 Å². The van der Waals surface area contributed by atoms with Crippen LogP contribution in [0.25, 0.3) is 27.6 Å². The molecule has 2 aliphatic carbocycles. The number of allylic oxidation sites excluding steroid dienone is 1. The van der Waals surface area contributed by atoms with E-state index in [4.69, 9.17) is 0 Å². The molecular formula is C23H22. The van der Waals surface area contributed by atoms with Crippen molar-refractivity contribution in [3.8, 4) is 0 Å². The number of benzene rings is 3. The van der Waals surface area contributed by atoms with Gasteiger partial charge in [0.25, 0.3) is 0 Å². The predicted molar refractivity (Wildman–Crippen MR) is 99.7 cm³/mol. The van der Waals surface area contributed by atoms with Crippen molar-refractivity contribution in [3.63, 3.8) is 0 Å². The number of fused-ring (bicyclic) bond motifs is 3. The van der Waals surface area contributed by atoms with Crippen molar-refractivity contribution in [3.05, 3.63) is 65.2 Å². The summed E-state index contributed by atoms with van der Waals surface area (Å²) in [6, 6.07) is 18.2. The summed E-state index contributed by atoms with van der Waals surface area (Å²) in [7, 11) is 0. The second-order valence-electron chi connectivity index (χ2n) is 7.33. The van der Waals surface area contributed by atoms with Gasteiger partial charge in [0.15, 0.2) is 0 Å². The van der Waals surface area contributed by atoms with Crippen molar-refractivity contribution >= 4 is 27.6 Å². The van der Waals surface area contributed by atoms with Crippen LogP contribution in [-0.4, -0.2) is 0 Å². The third-order valence-corrected chi connectivity index (χ3v) is 5.83. The van der Waals surface area contributed by atoms with E-state index in [1.54, 1.807) is 5.57 Å². The maximum absolute atomic E-state index is 2.50. The van der Waals surface area contributed by atoms with Gasteiger partial charge in [-0.05, 0) is 76.1 Å². The Morgan fingerprint density at radius 1 is 0.696 bits per heavy atom. The van der Waals surface area contributed by atoms with Crippen LogP contribution in [0.5, 0.6) is 0 Å². The van der Waals surface area contributed by atoms with Gasteiger partial charge in [-0.3, -0.25) is 0 Å². The fraction of sp³-hybridized carbons (Fsp3) is 0.304. The highest BCUT2D eigenvalue weighted by Crippen LogP contribution is 2.38. The van der Waals surface area contributed by atoms with Gasteiger partial charge in [-0.25, -0.2) is 0 Å². The largest absolute Gasteiger partial charge is 0.0621 e. The highest BCUT2D eigenvalue weighted by molar-refractivity contribution is 5.99. The molecule has 0 nitrogen and oxygen atoms in total. The smallest absolute Gasteiger partial charge is 0.00548 e. The Labute approximate surface area is 137 Å². The molecule has 1 fully saturated rings. The molecule has 23 heavy (non-hydrogen) atoms. The minimum atomic E-state index is 0.846. The Hall–Kier alpha value is -2.08. The Kier molecular flexibility index (Phi) is 3.04. The SMILES string of the molecule is C1=C(C2CCCCC2)Cc2cc3cc4ccccc4cc3cc21. The van der Waals surface area contributed by atoms with E-state index in [0.29, 0.717) is 0 Å². The van der Waals surface area contributed by atoms with Gasteiger partial charge in [-0.15, -0.1) is 0 Å². The summed E-state index contributed by atoms with van der Waals surface area (Å²) in [5, 5.41) is 5.46. The van der Waals surface area contributed by atoms with E-state index in [1.165, 1.54) is 71.2 Å². The standard InChI is InChI=1S/C23H22/c1-2-6-16(7-3-1)19-12-22-14-20-10-17-8-4-5-9-18(17)11-21(20)15-23(22)13-19/h4-5,8-12,14-16H,1-3,6-7,13H2. The average Bonchev–Trinajstić information content (AvgIpc) is 3.01. The van der Waals surface area contributed by atoms with Gasteiger partial charge in [-0.2, -0.15) is 0 Å². The Morgan fingerprint density at radius 2 is 1.39 bits per heavy atom. The maximum atomic E-state index is 2.50. The highest BCUT2D eigenvalue weighted by atomic mass is 14.3. The maximum Gasteiger partial charge on any atom is -0.00548 e. The van der Waals surface area contributed by atoms with Crippen molar-refractivity contribution in [1.29, 1.82) is 0 Å². The summed E-state index contributed by atoms with van der Waals surface area (Å²) < 4.78 is 0. The topological polar surface area (TPSA) is 0 Å². The Balaban J connectivity index is 1.59. The van der Waals surface area contributed by atoms with E-state index >= 15 is 0 Å². The van der Waals surface area contributed by atoms with Crippen LogP contribution in [0, 0.1) is 5.92 Å². The van der Waals surface area contributed by atoms with Crippen molar-refractivity contribution in [2.75, 3.05) is 0 Å². The zero-order valence-electron chi connectivity index (χ0n) is 13.5. The Morgan fingerprint density at radius 3 is 2.13 bits per heavy atom. The molecule has 3 aromatic carbocycles. The fourth-order valence-electron chi connectivity index (χ4n) is 4.55. The second-order valence-corrected chi connectivity index (χ2v) is 7.33. The summed E-state index contributed by atoms with van der Waals surface area (Å²) >= 11 is 0. The van der Waals surface area contributed by atoms with E-state index in [9.17, 15) is 0 Å². The average molecular weight is 298 g/mol. The van der Waals surface area contributed by atoms with Crippen molar-refractivity contribution in [1.82, 2.24) is 0 Å². The molecule has 0 N–H and O–H groups in total. The molecule has 0 radical (unpaired) electrons. The van der Waals surface area contributed by atoms with E-state index in [2.05, 4.69) is 54.6 Å². The molecule has 0 heteroatoms. The lowest BCUT2D eigenvalue weighted by Crippen LogP contribution is -2.08. The summed E-state index contributed by atoms with van der Waals surface area (Å²) in [6.07, 6.45) is 10.8. The van der Waals surface area contributed by atoms with Crippen molar-refractivity contribution in [2.24, 2.45) is 5.92 Å². The van der Waals surface area contributed by atoms with Gasteiger partial charge in [0.2, 0.25) is 0 Å². The molecule has 1 saturated carbocycles. The van der Waals surface area contributed by atoms with Crippen LogP contribution in [0.4, 0.5) is 0 Å². The molecule has 5 rings (SSSR count). The molecule has 0 saturated heterocycles. The first-order valence-electron chi connectivity index (χ1n) is 9.03. The zero-order chi connectivity index (χ0) is 15.2. The summed E-state index contributed by atoms with van der Waals surface area (Å²) in [6.45, 7) is 0. The van der Waals surface area contributed by atoms with Crippen LogP contribution < -0.4 is 0 Å². The predicted octanol–water partition coefficient (Wildman–Crippen LogP) is 6.51. The molecule has 0 spiro atoms. The van der Waals surface area contributed by atoms with Gasteiger partial charge < -0.3 is 0 Å². The van der Waals surface area contributed by atoms with Gasteiger partial charge >= 0.3 is 0 Å². The lowest BCUT2D eigenvalue weighted by Gasteiger charge is -2.22. The molecule has 114 valence electrons. The van der Waals surface area contributed by atoms with E-state index in [1.807, 2.05) is 0 Å². The van der Waals surface area contributed by atoms with Crippen molar-refractivity contribution < 1.29 is 0 Å². The second kappa shape index (κ2) is 5.23. The molecule has 0 atom stereocenters. The molecule has 0 unspecified atom stereocenters. The van der Waals surface area contributed by atoms with Gasteiger partial charge in [0.05, 0.1) is 0 Å². The van der Waals surface area contributed by atoms with E-state index < -0.39 is 0 Å². The molecular weight excluding hydrogens is 276 g/mol. The van der Waals surface area contributed by atoms with Gasteiger partial charge in [-0.1, -0.05) is 61.2 Å². The minimum absolute atomic E-state index is 0.846. The van der Waals surface area contributed by atoms with Crippen LogP contribution in [0.1, 0.15) is 43.2 Å². The molecule has 3 aromatic rings. The van der Waals surface area contributed by atoms with Crippen LogP contribution in [0.3, 0.4) is 0 Å². The van der Waals surface area contributed by atoms with E-state index in [-0.39, 0.29) is 0 Å². The summed E-state index contributed by atoms with van der Waals surface area (Å²) in [4.78, 5) is 0. The van der Waals surface area contributed by atoms with Gasteiger partial charge in [0.1, 0.15) is 0 Å². The van der Waals surface area contributed by atoms with Crippen LogP contribution in [0.15, 0.2) is 54.1 Å². The van der Waals surface area contributed by atoms with Crippen LogP contribution >= 0.6 is 0 Å². The van der Waals surface area contributed by atoms with Crippen LogP contribution in [0.2, 0.25) is 0 Å². The first kappa shape index (κ1) is 13.4. The lowest BCUT2D eigenvalue weighted by atomic mass is 9.83. The molecule has 0 amide bonds. The normalized spacial score (nSPS) is 18.3. The monoisotopic (exact) mass is 298 g/mol. The third kappa shape index (κ3) is 2.28. The first-order valence-corrected chi connectivity index (χ1v) is 9.03. The minimum Gasteiger partial charge on any atom is -0.0621 e. The summed E-state index contributed by atoms with van der Waals surface area (Å²) in [5.74, 6) is 0.846. The third-order valence-electron chi connectivity index (χ3n) is 5.83. The van der Waals surface area contributed by atoms with Gasteiger partial charge in [0, 0.05) is 0 Å². The molecule has 0 heterocycles. The molecule has 0 bridgehead atoms. The fourth-order valence-corrected chi connectivity index (χ4v) is 4.55. The van der Waals surface area contributed by atoms with Crippen molar-refractivity contribution in [2.45, 2.75) is 38.5 Å². The Bertz CT molecular complexity index is 923. The lowest BCUT2D eigenvalue weighted by molar-refractivity contribution is 0.401. The quantitative estimate of drug-likeness (QED) is 0.449.